The van der Waals surface area contributed by atoms with Gasteiger partial charge in [0.25, 0.3) is 5.91 Å². The molecule has 0 unspecified atom stereocenters. The number of imide groups is 1. The van der Waals surface area contributed by atoms with Gasteiger partial charge in [0.1, 0.15) is 5.54 Å². The van der Waals surface area contributed by atoms with Crippen molar-refractivity contribution >= 4 is 29.2 Å². The molecule has 2 saturated heterocycles. The van der Waals surface area contributed by atoms with Gasteiger partial charge in [0.05, 0.1) is 17.6 Å². The lowest BCUT2D eigenvalue weighted by atomic mass is 9.74. The Hall–Kier alpha value is -2.78. The fourth-order valence-corrected chi connectivity index (χ4v) is 5.56. The number of piperidine rings is 1. The van der Waals surface area contributed by atoms with Gasteiger partial charge in [0.2, 0.25) is 5.91 Å². The maximum atomic E-state index is 13.7. The molecule has 1 atom stereocenters. The van der Waals surface area contributed by atoms with E-state index in [0.717, 1.165) is 11.3 Å². The van der Waals surface area contributed by atoms with Crippen LogP contribution < -0.4 is 5.32 Å². The van der Waals surface area contributed by atoms with Crippen LogP contribution in [0.5, 0.6) is 0 Å². The third kappa shape index (κ3) is 5.31. The van der Waals surface area contributed by atoms with Gasteiger partial charge in [-0.3, -0.25) is 14.5 Å². The molecule has 0 aliphatic carbocycles. The van der Waals surface area contributed by atoms with Crippen LogP contribution in [0, 0.1) is 5.92 Å². The molecule has 1 aromatic carbocycles. The molecule has 3 heterocycles. The third-order valence-electron chi connectivity index (χ3n) is 6.98. The van der Waals surface area contributed by atoms with Crippen LogP contribution in [0.25, 0.3) is 0 Å². The van der Waals surface area contributed by atoms with Crippen LogP contribution in [0.15, 0.2) is 41.2 Å². The number of aromatic nitrogens is 1. The lowest BCUT2D eigenvalue weighted by Crippen LogP contribution is -2.57. The number of hydrogen-bond acceptors (Lipinski definition) is 6. The van der Waals surface area contributed by atoms with Crippen molar-refractivity contribution in [1.82, 2.24) is 25.0 Å². The van der Waals surface area contributed by atoms with Crippen molar-refractivity contribution in [3.8, 4) is 0 Å². The number of carbonyl (C=O) groups is 3. The normalized spacial score (nSPS) is 21.4. The van der Waals surface area contributed by atoms with E-state index >= 15 is 0 Å². The Labute approximate surface area is 204 Å². The average Bonchev–Trinajstić information content (AvgIpc) is 3.43. The molecular formula is C25H33N5O3S. The van der Waals surface area contributed by atoms with Gasteiger partial charge in [-0.05, 0) is 51.3 Å². The zero-order valence-corrected chi connectivity index (χ0v) is 20.7. The maximum absolute atomic E-state index is 13.7. The highest BCUT2D eigenvalue weighted by Crippen LogP contribution is 2.37. The summed E-state index contributed by atoms with van der Waals surface area (Å²) in [6, 6.07) is 9.77. The number of urea groups is 1. The first-order valence-corrected chi connectivity index (χ1v) is 12.8. The van der Waals surface area contributed by atoms with Gasteiger partial charge in [0.15, 0.2) is 0 Å². The highest BCUT2D eigenvalue weighted by molar-refractivity contribution is 7.07. The zero-order valence-electron chi connectivity index (χ0n) is 19.9. The standard InChI is InChI=1S/C25H33N5O3S/c1-28(2)14-15-30-23(32)25(27-24(30)33,11-8-19-6-4-3-5-7-19)20-9-12-29(13-10-20)22(31)16-21-17-34-18-26-21/h3-7,17-18,20H,8-16H2,1-2H3,(H,27,33)/t25-/m0/s1. The number of hydrogen-bond donors (Lipinski definition) is 1. The minimum absolute atomic E-state index is 0.0136. The smallest absolute Gasteiger partial charge is 0.325 e. The zero-order chi connectivity index (χ0) is 24.1. The van der Waals surface area contributed by atoms with E-state index in [2.05, 4.69) is 22.4 Å². The Morgan fingerprint density at radius 2 is 1.94 bits per heavy atom. The largest absolute Gasteiger partial charge is 0.342 e. The molecule has 1 N–H and O–H groups in total. The molecule has 2 aliphatic rings. The van der Waals surface area contributed by atoms with Gasteiger partial charge in [-0.25, -0.2) is 9.78 Å². The first-order chi connectivity index (χ1) is 16.4. The number of nitrogens with zero attached hydrogens (tertiary/aromatic N) is 4. The minimum Gasteiger partial charge on any atom is -0.342 e. The monoisotopic (exact) mass is 483 g/mol. The van der Waals surface area contributed by atoms with Gasteiger partial charge in [-0.1, -0.05) is 30.3 Å². The van der Waals surface area contributed by atoms with Crippen molar-refractivity contribution < 1.29 is 14.4 Å². The Kier molecular flexibility index (Phi) is 7.63. The number of thiazole rings is 1. The van der Waals surface area contributed by atoms with Crippen LogP contribution in [-0.2, 0) is 22.4 Å². The molecule has 34 heavy (non-hydrogen) atoms. The van der Waals surface area contributed by atoms with Crippen molar-refractivity contribution in [3.63, 3.8) is 0 Å². The first-order valence-electron chi connectivity index (χ1n) is 11.9. The summed E-state index contributed by atoms with van der Waals surface area (Å²) < 4.78 is 0. The fourth-order valence-electron chi connectivity index (χ4n) is 5.00. The molecule has 2 fully saturated rings. The second-order valence-electron chi connectivity index (χ2n) is 9.46. The lowest BCUT2D eigenvalue weighted by Gasteiger charge is -2.41. The number of amides is 4. The highest BCUT2D eigenvalue weighted by atomic mass is 32.1. The van der Waals surface area contributed by atoms with E-state index in [4.69, 9.17) is 0 Å². The van der Waals surface area contributed by atoms with Crippen molar-refractivity contribution in [2.45, 2.75) is 37.6 Å². The molecular weight excluding hydrogens is 450 g/mol. The lowest BCUT2D eigenvalue weighted by molar-refractivity contribution is -0.136. The summed E-state index contributed by atoms with van der Waals surface area (Å²) in [7, 11) is 3.86. The van der Waals surface area contributed by atoms with Crippen molar-refractivity contribution in [1.29, 1.82) is 0 Å². The molecule has 4 rings (SSSR count). The van der Waals surface area contributed by atoms with Crippen molar-refractivity contribution in [2.24, 2.45) is 5.92 Å². The molecule has 8 nitrogen and oxygen atoms in total. The number of benzene rings is 1. The van der Waals surface area contributed by atoms with Crippen LogP contribution in [0.2, 0.25) is 0 Å². The average molecular weight is 484 g/mol. The molecule has 9 heteroatoms. The van der Waals surface area contributed by atoms with E-state index in [0.29, 0.717) is 58.3 Å². The Bertz CT molecular complexity index is 989. The van der Waals surface area contributed by atoms with Crippen molar-refractivity contribution in [3.05, 3.63) is 52.5 Å². The molecule has 4 amide bonds. The molecule has 1 aromatic heterocycles. The van der Waals surface area contributed by atoms with Gasteiger partial charge in [-0.15, -0.1) is 11.3 Å². The number of rotatable bonds is 9. The second kappa shape index (κ2) is 10.7. The van der Waals surface area contributed by atoms with E-state index in [1.165, 1.54) is 16.2 Å². The summed E-state index contributed by atoms with van der Waals surface area (Å²) in [6.07, 6.45) is 2.94. The summed E-state index contributed by atoms with van der Waals surface area (Å²) in [4.78, 5) is 48.8. The molecule has 0 bridgehead atoms. The highest BCUT2D eigenvalue weighted by Gasteiger charge is 2.55. The summed E-state index contributed by atoms with van der Waals surface area (Å²) in [5, 5.41) is 5.02. The summed E-state index contributed by atoms with van der Waals surface area (Å²) >= 11 is 1.49. The van der Waals surface area contributed by atoms with Crippen LogP contribution in [-0.4, -0.2) is 83.3 Å². The molecule has 0 saturated carbocycles. The summed E-state index contributed by atoms with van der Waals surface area (Å²) in [5.74, 6) is -0.0695. The SMILES string of the molecule is CN(C)CCN1C(=O)N[C@@](CCc2ccccc2)(C2CCN(C(=O)Cc3cscn3)CC2)C1=O. The number of aryl methyl sites for hydroxylation is 1. The van der Waals surface area contributed by atoms with Crippen molar-refractivity contribution in [2.75, 3.05) is 40.3 Å². The molecule has 0 radical (unpaired) electrons. The fraction of sp³-hybridized carbons (Fsp3) is 0.520. The molecule has 182 valence electrons. The van der Waals surface area contributed by atoms with E-state index in [1.807, 2.05) is 47.5 Å². The van der Waals surface area contributed by atoms with E-state index in [1.54, 1.807) is 5.51 Å². The Balaban J connectivity index is 1.48. The van der Waals surface area contributed by atoms with Gasteiger partial charge in [-0.2, -0.15) is 0 Å². The first kappa shape index (κ1) is 24.3. The second-order valence-corrected chi connectivity index (χ2v) is 10.2. The Morgan fingerprint density at radius 1 is 1.21 bits per heavy atom. The van der Waals surface area contributed by atoms with Gasteiger partial charge < -0.3 is 15.1 Å². The molecule has 2 aliphatic heterocycles. The maximum Gasteiger partial charge on any atom is 0.325 e. The predicted octanol–water partition coefficient (Wildman–Crippen LogP) is 2.41. The van der Waals surface area contributed by atoms with Gasteiger partial charge in [0, 0.05) is 31.6 Å². The van der Waals surface area contributed by atoms with Gasteiger partial charge >= 0.3 is 6.03 Å². The predicted molar refractivity (Wildman–Crippen MR) is 131 cm³/mol. The topological polar surface area (TPSA) is 85.8 Å². The number of likely N-dealkylation sites (tertiary alicyclic amines) is 1. The summed E-state index contributed by atoms with van der Waals surface area (Å²) in [6.45, 7) is 2.16. The molecule has 2 aromatic rings. The molecule has 0 spiro atoms. The van der Waals surface area contributed by atoms with Crippen LogP contribution in [0.1, 0.15) is 30.5 Å². The number of nitrogens with one attached hydrogen (secondary N) is 1. The van der Waals surface area contributed by atoms with Crippen LogP contribution in [0.4, 0.5) is 4.79 Å². The minimum atomic E-state index is -0.927. The summed E-state index contributed by atoms with van der Waals surface area (Å²) in [5.41, 5.74) is 2.75. The quantitative estimate of drug-likeness (QED) is 0.554. The van der Waals surface area contributed by atoms with E-state index < -0.39 is 5.54 Å². The van der Waals surface area contributed by atoms with E-state index in [9.17, 15) is 14.4 Å². The van der Waals surface area contributed by atoms with Crippen LogP contribution in [0.3, 0.4) is 0 Å². The number of carbonyl (C=O) groups excluding carboxylic acids is 3. The Morgan fingerprint density at radius 3 is 2.59 bits per heavy atom. The number of likely N-dealkylation sites (N-methyl/N-ethyl adjacent to an activating group) is 1. The van der Waals surface area contributed by atoms with E-state index in [-0.39, 0.29) is 23.8 Å². The van der Waals surface area contributed by atoms with Crippen LogP contribution >= 0.6 is 11.3 Å². The third-order valence-corrected chi connectivity index (χ3v) is 7.62.